The molecule has 0 fully saturated rings. The van der Waals surface area contributed by atoms with Crippen LogP contribution in [0.1, 0.15) is 5.56 Å². The standard InChI is InChI=1S/C9H10O2S2/c1-13-9(12,8(10)11)7-5-3-2-4-6-7/h2-6,12H,1H3,(H,10,11). The molecule has 0 bridgehead atoms. The summed E-state index contributed by atoms with van der Waals surface area (Å²) in [6, 6.07) is 8.98. The van der Waals surface area contributed by atoms with E-state index in [9.17, 15) is 4.79 Å². The molecule has 0 heterocycles. The molecule has 0 aromatic heterocycles. The minimum absolute atomic E-state index is 0.693. The van der Waals surface area contributed by atoms with Crippen molar-refractivity contribution in [2.24, 2.45) is 0 Å². The Morgan fingerprint density at radius 1 is 1.46 bits per heavy atom. The summed E-state index contributed by atoms with van der Waals surface area (Å²) in [5.41, 5.74) is 0.693. The minimum atomic E-state index is -1.14. The number of carbonyl (C=O) groups is 1. The van der Waals surface area contributed by atoms with E-state index < -0.39 is 10.0 Å². The van der Waals surface area contributed by atoms with Gasteiger partial charge in [-0.3, -0.25) is 0 Å². The first-order valence-electron chi connectivity index (χ1n) is 3.67. The Morgan fingerprint density at radius 3 is 2.38 bits per heavy atom. The molecule has 0 aliphatic heterocycles. The number of thiol groups is 1. The average Bonchev–Trinajstić information content (AvgIpc) is 2.17. The lowest BCUT2D eigenvalue weighted by Crippen LogP contribution is -2.25. The van der Waals surface area contributed by atoms with Crippen LogP contribution in [0.2, 0.25) is 0 Å². The van der Waals surface area contributed by atoms with Crippen LogP contribution in [-0.2, 0) is 8.87 Å². The van der Waals surface area contributed by atoms with Gasteiger partial charge in [-0.15, -0.1) is 24.4 Å². The molecule has 1 rings (SSSR count). The summed E-state index contributed by atoms with van der Waals surface area (Å²) < 4.78 is -1.14. The molecule has 2 nitrogen and oxygen atoms in total. The van der Waals surface area contributed by atoms with Crippen LogP contribution >= 0.6 is 24.4 Å². The number of carboxylic acid groups (broad SMARTS) is 1. The summed E-state index contributed by atoms with van der Waals surface area (Å²) in [7, 11) is 0. The molecule has 4 heteroatoms. The smallest absolute Gasteiger partial charge is 0.334 e. The fourth-order valence-electron chi connectivity index (χ4n) is 0.993. The van der Waals surface area contributed by atoms with Crippen LogP contribution in [0.25, 0.3) is 0 Å². The third-order valence-corrected chi connectivity index (χ3v) is 3.75. The summed E-state index contributed by atoms with van der Waals surface area (Å²) in [6.07, 6.45) is 1.73. The maximum Gasteiger partial charge on any atom is 0.334 e. The van der Waals surface area contributed by atoms with Crippen LogP contribution in [-0.4, -0.2) is 17.3 Å². The Hall–Kier alpha value is -0.610. The highest BCUT2D eigenvalue weighted by atomic mass is 32.2. The number of aliphatic carboxylic acids is 1. The van der Waals surface area contributed by atoms with Crippen LogP contribution in [0.4, 0.5) is 0 Å². The quantitative estimate of drug-likeness (QED) is 0.598. The molecule has 0 aliphatic rings. The average molecular weight is 214 g/mol. The number of hydrogen-bond donors (Lipinski definition) is 2. The van der Waals surface area contributed by atoms with Gasteiger partial charge in [-0.05, 0) is 11.8 Å². The van der Waals surface area contributed by atoms with E-state index in [1.54, 1.807) is 30.5 Å². The monoisotopic (exact) mass is 214 g/mol. The van der Waals surface area contributed by atoms with Gasteiger partial charge >= 0.3 is 5.97 Å². The van der Waals surface area contributed by atoms with Crippen LogP contribution in [0.3, 0.4) is 0 Å². The Bertz CT molecular complexity index is 300. The largest absolute Gasteiger partial charge is 0.479 e. The third kappa shape index (κ3) is 2.00. The topological polar surface area (TPSA) is 37.3 Å². The van der Waals surface area contributed by atoms with E-state index in [0.717, 1.165) is 0 Å². The second kappa shape index (κ2) is 4.07. The van der Waals surface area contributed by atoms with Crippen LogP contribution in [0.15, 0.2) is 30.3 Å². The lowest BCUT2D eigenvalue weighted by atomic mass is 10.1. The van der Waals surface area contributed by atoms with E-state index >= 15 is 0 Å². The zero-order valence-electron chi connectivity index (χ0n) is 7.10. The van der Waals surface area contributed by atoms with Crippen molar-refractivity contribution in [3.8, 4) is 0 Å². The van der Waals surface area contributed by atoms with E-state index in [1.807, 2.05) is 6.07 Å². The maximum absolute atomic E-state index is 11.0. The van der Waals surface area contributed by atoms with Crippen molar-refractivity contribution in [1.29, 1.82) is 0 Å². The fraction of sp³-hybridized carbons (Fsp3) is 0.222. The first-order valence-corrected chi connectivity index (χ1v) is 5.35. The first-order chi connectivity index (χ1) is 6.11. The Morgan fingerprint density at radius 2 is 2.00 bits per heavy atom. The normalized spacial score (nSPS) is 14.9. The molecular weight excluding hydrogens is 204 g/mol. The van der Waals surface area contributed by atoms with Crippen molar-refractivity contribution in [1.82, 2.24) is 0 Å². The van der Waals surface area contributed by atoms with E-state index in [2.05, 4.69) is 12.6 Å². The Balaban J connectivity index is 3.11. The summed E-state index contributed by atoms with van der Waals surface area (Å²) in [4.78, 5) is 11.0. The fourth-order valence-corrected chi connectivity index (χ4v) is 1.69. The second-order valence-corrected chi connectivity index (χ2v) is 4.51. The van der Waals surface area contributed by atoms with Crippen molar-refractivity contribution in [2.75, 3.05) is 6.26 Å². The van der Waals surface area contributed by atoms with Crippen LogP contribution in [0, 0.1) is 0 Å². The van der Waals surface area contributed by atoms with Crippen LogP contribution in [0.5, 0.6) is 0 Å². The molecular formula is C9H10O2S2. The highest BCUT2D eigenvalue weighted by Crippen LogP contribution is 2.38. The molecule has 13 heavy (non-hydrogen) atoms. The molecule has 1 aromatic carbocycles. The van der Waals surface area contributed by atoms with E-state index in [4.69, 9.17) is 5.11 Å². The molecule has 0 aliphatic carbocycles. The lowest BCUT2D eigenvalue weighted by Gasteiger charge is -2.21. The number of rotatable bonds is 3. The van der Waals surface area contributed by atoms with Gasteiger partial charge in [0.15, 0.2) is 4.08 Å². The van der Waals surface area contributed by atoms with Crippen molar-refractivity contribution >= 4 is 30.4 Å². The number of carboxylic acids is 1. The molecule has 1 unspecified atom stereocenters. The van der Waals surface area contributed by atoms with Crippen molar-refractivity contribution in [3.63, 3.8) is 0 Å². The van der Waals surface area contributed by atoms with Gasteiger partial charge in [-0.25, -0.2) is 4.79 Å². The van der Waals surface area contributed by atoms with Crippen LogP contribution < -0.4 is 0 Å². The van der Waals surface area contributed by atoms with E-state index in [1.165, 1.54) is 11.8 Å². The Kier molecular flexibility index (Phi) is 3.27. The lowest BCUT2D eigenvalue weighted by molar-refractivity contribution is -0.137. The molecule has 0 amide bonds. The molecule has 1 aromatic rings. The predicted molar refractivity (Wildman–Crippen MR) is 58.3 cm³/mol. The highest BCUT2D eigenvalue weighted by molar-refractivity contribution is 8.11. The minimum Gasteiger partial charge on any atom is -0.479 e. The zero-order chi connectivity index (χ0) is 9.90. The molecule has 70 valence electrons. The Labute approximate surface area is 86.8 Å². The number of benzene rings is 1. The summed E-state index contributed by atoms with van der Waals surface area (Å²) >= 11 is 5.36. The third-order valence-electron chi connectivity index (χ3n) is 1.75. The second-order valence-electron chi connectivity index (χ2n) is 2.52. The summed E-state index contributed by atoms with van der Waals surface area (Å²) in [5.74, 6) is -0.936. The van der Waals surface area contributed by atoms with E-state index in [-0.39, 0.29) is 0 Å². The maximum atomic E-state index is 11.0. The number of thioether (sulfide) groups is 1. The highest BCUT2D eigenvalue weighted by Gasteiger charge is 2.35. The summed E-state index contributed by atoms with van der Waals surface area (Å²) in [6.45, 7) is 0. The zero-order valence-corrected chi connectivity index (χ0v) is 8.81. The molecule has 1 N–H and O–H groups in total. The molecule has 1 atom stereocenters. The SMILES string of the molecule is CSC(S)(C(=O)O)c1ccccc1. The van der Waals surface area contributed by atoms with Gasteiger partial charge < -0.3 is 5.11 Å². The van der Waals surface area contributed by atoms with Crippen molar-refractivity contribution < 1.29 is 9.90 Å². The summed E-state index contributed by atoms with van der Waals surface area (Å²) in [5, 5.41) is 8.99. The molecule has 0 saturated heterocycles. The van der Waals surface area contributed by atoms with Gasteiger partial charge in [0.25, 0.3) is 0 Å². The molecule has 0 saturated carbocycles. The molecule has 0 spiro atoms. The van der Waals surface area contributed by atoms with Gasteiger partial charge in [-0.2, -0.15) is 0 Å². The predicted octanol–water partition coefficient (Wildman–Crippen LogP) is 2.22. The number of hydrogen-bond acceptors (Lipinski definition) is 3. The first kappa shape index (κ1) is 10.5. The van der Waals surface area contributed by atoms with Gasteiger partial charge in [-0.1, -0.05) is 30.3 Å². The van der Waals surface area contributed by atoms with Gasteiger partial charge in [0.2, 0.25) is 0 Å². The molecule has 0 radical (unpaired) electrons. The van der Waals surface area contributed by atoms with Gasteiger partial charge in [0.1, 0.15) is 0 Å². The van der Waals surface area contributed by atoms with Crippen molar-refractivity contribution in [3.05, 3.63) is 35.9 Å². The van der Waals surface area contributed by atoms with Gasteiger partial charge in [0.05, 0.1) is 0 Å². The van der Waals surface area contributed by atoms with E-state index in [0.29, 0.717) is 5.56 Å². The van der Waals surface area contributed by atoms with Crippen molar-refractivity contribution in [2.45, 2.75) is 4.08 Å². The van der Waals surface area contributed by atoms with Gasteiger partial charge in [0, 0.05) is 0 Å².